The van der Waals surface area contributed by atoms with Crippen molar-refractivity contribution >= 4 is 6.08 Å². The van der Waals surface area contributed by atoms with E-state index >= 15 is 0 Å². The van der Waals surface area contributed by atoms with Gasteiger partial charge in [0.1, 0.15) is 11.4 Å². The molecule has 0 saturated heterocycles. The van der Waals surface area contributed by atoms with Crippen molar-refractivity contribution in [3.63, 3.8) is 0 Å². The lowest BCUT2D eigenvalue weighted by Crippen LogP contribution is -2.34. The third-order valence-electron chi connectivity index (χ3n) is 3.23. The first-order valence-corrected chi connectivity index (χ1v) is 5.25. The molecule has 1 nitrogen and oxygen atoms in total. The normalized spacial score (nSPS) is 29.5. The van der Waals surface area contributed by atoms with E-state index in [0.717, 1.165) is 11.7 Å². The molecule has 1 heteroatoms. The molecule has 2 aliphatic rings. The molecule has 1 saturated carbocycles. The van der Waals surface area contributed by atoms with Gasteiger partial charge in [0.15, 0.2) is 0 Å². The Morgan fingerprint density at radius 1 is 1.29 bits per heavy atom. The third kappa shape index (κ3) is 1.16. The standard InChI is InChI=1S/C13H14O/c1-13(11-6-7-11)9-8-10-4-2-3-5-12(10)14-13/h2-5,8-9,11H,6-7H2,1H3. The van der Waals surface area contributed by atoms with Crippen LogP contribution < -0.4 is 4.74 Å². The van der Waals surface area contributed by atoms with Crippen molar-refractivity contribution in [2.45, 2.75) is 25.4 Å². The van der Waals surface area contributed by atoms with Crippen LogP contribution in [-0.4, -0.2) is 5.60 Å². The first-order valence-electron chi connectivity index (χ1n) is 5.25. The molecule has 3 rings (SSSR count). The molecular weight excluding hydrogens is 172 g/mol. The molecule has 0 amide bonds. The van der Waals surface area contributed by atoms with Crippen LogP contribution in [0, 0.1) is 5.92 Å². The van der Waals surface area contributed by atoms with Crippen LogP contribution in [0.5, 0.6) is 5.75 Å². The fraction of sp³-hybridized carbons (Fsp3) is 0.385. The number of para-hydroxylation sites is 1. The highest BCUT2D eigenvalue weighted by atomic mass is 16.5. The quantitative estimate of drug-likeness (QED) is 0.654. The molecule has 0 spiro atoms. The minimum absolute atomic E-state index is 0.0473. The van der Waals surface area contributed by atoms with Crippen molar-refractivity contribution in [1.82, 2.24) is 0 Å². The third-order valence-corrected chi connectivity index (χ3v) is 3.23. The van der Waals surface area contributed by atoms with Gasteiger partial charge in [-0.15, -0.1) is 0 Å². The van der Waals surface area contributed by atoms with E-state index in [9.17, 15) is 0 Å². The molecule has 1 aliphatic heterocycles. The van der Waals surface area contributed by atoms with Gasteiger partial charge in [-0.05, 0) is 31.9 Å². The zero-order valence-electron chi connectivity index (χ0n) is 8.36. The highest BCUT2D eigenvalue weighted by molar-refractivity contribution is 5.61. The van der Waals surface area contributed by atoms with E-state index in [1.165, 1.54) is 18.4 Å². The van der Waals surface area contributed by atoms with Crippen molar-refractivity contribution < 1.29 is 4.74 Å². The predicted octanol–water partition coefficient (Wildman–Crippen LogP) is 3.26. The maximum absolute atomic E-state index is 6.06. The van der Waals surface area contributed by atoms with E-state index in [-0.39, 0.29) is 5.60 Å². The van der Waals surface area contributed by atoms with Gasteiger partial charge in [0.05, 0.1) is 0 Å². The van der Waals surface area contributed by atoms with Crippen LogP contribution in [0.1, 0.15) is 25.3 Å². The number of hydrogen-bond donors (Lipinski definition) is 0. The minimum Gasteiger partial charge on any atom is -0.483 e. The highest BCUT2D eigenvalue weighted by Crippen LogP contribution is 2.45. The van der Waals surface area contributed by atoms with Crippen molar-refractivity contribution in [1.29, 1.82) is 0 Å². The SMILES string of the molecule is CC1(C2CC2)C=Cc2ccccc2O1. The van der Waals surface area contributed by atoms with Crippen LogP contribution in [0.3, 0.4) is 0 Å². The molecule has 14 heavy (non-hydrogen) atoms. The smallest absolute Gasteiger partial charge is 0.127 e. The summed E-state index contributed by atoms with van der Waals surface area (Å²) in [5.41, 5.74) is 1.15. The Hall–Kier alpha value is -1.24. The van der Waals surface area contributed by atoms with Gasteiger partial charge in [0.25, 0.3) is 0 Å². The maximum Gasteiger partial charge on any atom is 0.127 e. The number of hydrogen-bond acceptors (Lipinski definition) is 1. The average molecular weight is 186 g/mol. The Morgan fingerprint density at radius 2 is 2.07 bits per heavy atom. The monoisotopic (exact) mass is 186 g/mol. The fourth-order valence-corrected chi connectivity index (χ4v) is 2.11. The molecule has 0 aromatic heterocycles. The van der Waals surface area contributed by atoms with Gasteiger partial charge in [-0.25, -0.2) is 0 Å². The summed E-state index contributed by atoms with van der Waals surface area (Å²) in [5, 5.41) is 0. The van der Waals surface area contributed by atoms with E-state index in [4.69, 9.17) is 4.74 Å². The molecule has 1 aromatic rings. The predicted molar refractivity (Wildman–Crippen MR) is 57.2 cm³/mol. The van der Waals surface area contributed by atoms with E-state index in [1.807, 2.05) is 12.1 Å². The molecule has 1 aliphatic carbocycles. The largest absolute Gasteiger partial charge is 0.483 e. The zero-order valence-corrected chi connectivity index (χ0v) is 8.36. The lowest BCUT2D eigenvalue weighted by atomic mass is 9.95. The molecule has 0 bridgehead atoms. The highest BCUT2D eigenvalue weighted by Gasteiger charge is 2.43. The fourth-order valence-electron chi connectivity index (χ4n) is 2.11. The van der Waals surface area contributed by atoms with Crippen LogP contribution in [0.4, 0.5) is 0 Å². The van der Waals surface area contributed by atoms with E-state index in [2.05, 4.69) is 31.2 Å². The maximum atomic E-state index is 6.06. The topological polar surface area (TPSA) is 9.23 Å². The molecule has 1 aromatic carbocycles. The van der Waals surface area contributed by atoms with Gasteiger partial charge in [-0.1, -0.05) is 24.3 Å². The van der Waals surface area contributed by atoms with Gasteiger partial charge < -0.3 is 4.74 Å². The Morgan fingerprint density at radius 3 is 2.86 bits per heavy atom. The summed E-state index contributed by atoms with van der Waals surface area (Å²) >= 11 is 0. The van der Waals surface area contributed by atoms with Gasteiger partial charge in [-0.3, -0.25) is 0 Å². The van der Waals surface area contributed by atoms with Crippen molar-refractivity contribution in [2.75, 3.05) is 0 Å². The molecule has 72 valence electrons. The van der Waals surface area contributed by atoms with E-state index in [0.29, 0.717) is 0 Å². The second-order valence-electron chi connectivity index (χ2n) is 4.43. The summed E-state index contributed by atoms with van der Waals surface area (Å²) in [6, 6.07) is 8.23. The summed E-state index contributed by atoms with van der Waals surface area (Å²) in [6.45, 7) is 2.19. The number of benzene rings is 1. The average Bonchev–Trinajstić information content (AvgIpc) is 3.01. The molecular formula is C13H14O. The van der Waals surface area contributed by atoms with Gasteiger partial charge in [0, 0.05) is 11.5 Å². The Balaban J connectivity index is 2.00. The first kappa shape index (κ1) is 8.10. The van der Waals surface area contributed by atoms with Crippen LogP contribution in [0.2, 0.25) is 0 Å². The van der Waals surface area contributed by atoms with Gasteiger partial charge in [0.2, 0.25) is 0 Å². The molecule has 1 unspecified atom stereocenters. The second kappa shape index (κ2) is 2.63. The summed E-state index contributed by atoms with van der Waals surface area (Å²) < 4.78 is 6.06. The number of ether oxygens (including phenoxy) is 1. The molecule has 1 atom stereocenters. The summed E-state index contributed by atoms with van der Waals surface area (Å²) in [6.07, 6.45) is 7.02. The van der Waals surface area contributed by atoms with Gasteiger partial charge in [-0.2, -0.15) is 0 Å². The van der Waals surface area contributed by atoms with Crippen LogP contribution in [0.15, 0.2) is 30.3 Å². The van der Waals surface area contributed by atoms with Crippen LogP contribution >= 0.6 is 0 Å². The Bertz CT molecular complexity index is 390. The zero-order chi connectivity index (χ0) is 9.60. The number of rotatable bonds is 1. The van der Waals surface area contributed by atoms with Gasteiger partial charge >= 0.3 is 0 Å². The Kier molecular flexibility index (Phi) is 1.52. The lowest BCUT2D eigenvalue weighted by Gasteiger charge is -2.31. The van der Waals surface area contributed by atoms with Crippen molar-refractivity contribution in [3.05, 3.63) is 35.9 Å². The van der Waals surface area contributed by atoms with Crippen molar-refractivity contribution in [3.8, 4) is 5.75 Å². The van der Waals surface area contributed by atoms with E-state index in [1.54, 1.807) is 0 Å². The second-order valence-corrected chi connectivity index (χ2v) is 4.43. The Labute approximate surface area is 84.4 Å². The van der Waals surface area contributed by atoms with E-state index < -0.39 is 0 Å². The minimum atomic E-state index is -0.0473. The summed E-state index contributed by atoms with van der Waals surface area (Å²) in [7, 11) is 0. The molecule has 0 radical (unpaired) electrons. The summed E-state index contributed by atoms with van der Waals surface area (Å²) in [4.78, 5) is 0. The van der Waals surface area contributed by atoms with Crippen LogP contribution in [0.25, 0.3) is 6.08 Å². The number of fused-ring (bicyclic) bond motifs is 1. The molecule has 1 heterocycles. The molecule has 0 N–H and O–H groups in total. The molecule has 1 fully saturated rings. The van der Waals surface area contributed by atoms with Crippen LogP contribution in [-0.2, 0) is 0 Å². The van der Waals surface area contributed by atoms with Crippen molar-refractivity contribution in [2.24, 2.45) is 5.92 Å². The first-order chi connectivity index (χ1) is 6.78. The summed E-state index contributed by atoms with van der Waals surface area (Å²) in [5.74, 6) is 1.76. The lowest BCUT2D eigenvalue weighted by molar-refractivity contribution is 0.113.